The molecule has 2 unspecified atom stereocenters. The Morgan fingerprint density at radius 3 is 2.67 bits per heavy atom. The predicted molar refractivity (Wildman–Crippen MR) is 78.1 cm³/mol. The number of phenolic OH excluding ortho intramolecular Hbond substituents is 1. The van der Waals surface area contributed by atoms with Gasteiger partial charge in [-0.3, -0.25) is 4.90 Å². The molecule has 1 aliphatic rings. The number of hydrogen-bond acceptors (Lipinski definition) is 5. The van der Waals surface area contributed by atoms with Crippen molar-refractivity contribution in [1.82, 2.24) is 4.90 Å². The van der Waals surface area contributed by atoms with Crippen molar-refractivity contribution in [3.63, 3.8) is 0 Å². The molecule has 0 bridgehead atoms. The van der Waals surface area contributed by atoms with Crippen LogP contribution >= 0.6 is 11.8 Å². The second-order valence-corrected chi connectivity index (χ2v) is 5.52. The highest BCUT2D eigenvalue weighted by Crippen LogP contribution is 2.42. The van der Waals surface area contributed by atoms with Crippen molar-refractivity contribution in [2.24, 2.45) is 0 Å². The number of phenols is 1. The third-order valence-corrected chi connectivity index (χ3v) is 4.32. The maximum Gasteiger partial charge on any atom is 0.412 e. The average Bonchev–Trinajstić information content (AvgIpc) is 2.90. The van der Waals surface area contributed by atoms with Crippen LogP contribution in [0.15, 0.2) is 36.9 Å². The van der Waals surface area contributed by atoms with Crippen LogP contribution in [0, 0.1) is 0 Å². The number of aliphatic carboxylic acids is 1. The Hall–Kier alpha value is -2.15. The lowest BCUT2D eigenvalue weighted by Gasteiger charge is -2.26. The average molecular weight is 309 g/mol. The molecular weight excluding hydrogens is 294 g/mol. The van der Waals surface area contributed by atoms with E-state index in [1.807, 2.05) is 0 Å². The zero-order valence-electron chi connectivity index (χ0n) is 11.1. The summed E-state index contributed by atoms with van der Waals surface area (Å²) in [5.41, 5.74) is 0.733. The molecule has 1 amide bonds. The fourth-order valence-corrected chi connectivity index (χ4v) is 3.43. The van der Waals surface area contributed by atoms with Gasteiger partial charge in [0.2, 0.25) is 0 Å². The van der Waals surface area contributed by atoms with E-state index < -0.39 is 23.5 Å². The highest BCUT2D eigenvalue weighted by molar-refractivity contribution is 7.99. The second-order valence-electron chi connectivity index (χ2n) is 4.40. The number of carboxylic acid groups (broad SMARTS) is 1. The number of hydrogen-bond donors (Lipinski definition) is 2. The number of amides is 1. The van der Waals surface area contributed by atoms with E-state index in [2.05, 4.69) is 6.58 Å². The number of aromatic hydroxyl groups is 1. The normalized spacial score (nSPS) is 21.0. The van der Waals surface area contributed by atoms with Gasteiger partial charge in [-0.25, -0.2) is 9.59 Å². The molecule has 1 aromatic rings. The molecule has 1 saturated heterocycles. The molecule has 0 spiro atoms. The van der Waals surface area contributed by atoms with E-state index in [9.17, 15) is 19.8 Å². The van der Waals surface area contributed by atoms with Crippen LogP contribution in [-0.2, 0) is 9.53 Å². The number of thioether (sulfide) groups is 1. The number of carboxylic acids is 1. The van der Waals surface area contributed by atoms with E-state index in [1.54, 1.807) is 12.1 Å². The van der Waals surface area contributed by atoms with E-state index in [1.165, 1.54) is 34.9 Å². The molecule has 112 valence electrons. The molecule has 1 aliphatic heterocycles. The van der Waals surface area contributed by atoms with Crippen molar-refractivity contribution >= 4 is 23.8 Å². The number of carbonyl (C=O) groups is 2. The number of rotatable bonds is 4. The molecule has 2 rings (SSSR count). The highest BCUT2D eigenvalue weighted by Gasteiger charge is 2.43. The number of benzene rings is 1. The molecule has 0 aliphatic carbocycles. The maximum atomic E-state index is 12.1. The molecule has 2 N–H and O–H groups in total. The zero-order chi connectivity index (χ0) is 15.4. The van der Waals surface area contributed by atoms with Gasteiger partial charge in [-0.15, -0.1) is 11.8 Å². The Labute approximate surface area is 126 Å². The van der Waals surface area contributed by atoms with Gasteiger partial charge in [-0.2, -0.15) is 0 Å². The summed E-state index contributed by atoms with van der Waals surface area (Å²) in [6, 6.07) is 5.37. The molecule has 21 heavy (non-hydrogen) atoms. The third kappa shape index (κ3) is 3.30. The van der Waals surface area contributed by atoms with Gasteiger partial charge in [0.25, 0.3) is 0 Å². The van der Waals surface area contributed by atoms with Crippen LogP contribution in [0.1, 0.15) is 10.9 Å². The lowest BCUT2D eigenvalue weighted by atomic mass is 10.2. The van der Waals surface area contributed by atoms with E-state index in [-0.39, 0.29) is 18.1 Å². The predicted octanol–water partition coefficient (Wildman–Crippen LogP) is 2.22. The SMILES string of the molecule is C=CCOC(=O)N1C(C(=O)O)CSC1c1ccc(O)cc1. The van der Waals surface area contributed by atoms with Crippen molar-refractivity contribution in [1.29, 1.82) is 0 Å². The third-order valence-electron chi connectivity index (χ3n) is 3.00. The summed E-state index contributed by atoms with van der Waals surface area (Å²) in [7, 11) is 0. The summed E-state index contributed by atoms with van der Waals surface area (Å²) < 4.78 is 4.97. The fourth-order valence-electron chi connectivity index (χ4n) is 2.02. The lowest BCUT2D eigenvalue weighted by molar-refractivity contribution is -0.141. The summed E-state index contributed by atoms with van der Waals surface area (Å²) in [5, 5.41) is 18.1. The molecule has 1 heterocycles. The molecule has 2 atom stereocenters. The Bertz CT molecular complexity index is 545. The summed E-state index contributed by atoms with van der Waals surface area (Å²) in [6.07, 6.45) is 0.734. The van der Waals surface area contributed by atoms with Crippen LogP contribution in [0.4, 0.5) is 4.79 Å². The molecule has 7 heteroatoms. The van der Waals surface area contributed by atoms with Gasteiger partial charge in [0.05, 0.1) is 0 Å². The molecule has 6 nitrogen and oxygen atoms in total. The van der Waals surface area contributed by atoms with E-state index in [4.69, 9.17) is 4.74 Å². The fraction of sp³-hybridized carbons (Fsp3) is 0.286. The van der Waals surface area contributed by atoms with Crippen LogP contribution in [0.25, 0.3) is 0 Å². The van der Waals surface area contributed by atoms with Gasteiger partial charge in [0, 0.05) is 5.75 Å². The first kappa shape index (κ1) is 15.2. The Balaban J connectivity index is 2.26. The summed E-state index contributed by atoms with van der Waals surface area (Å²) >= 11 is 1.34. The Morgan fingerprint density at radius 2 is 2.10 bits per heavy atom. The minimum absolute atomic E-state index is 0.0225. The molecular formula is C14H15NO5S. The number of ether oxygens (including phenoxy) is 1. The Morgan fingerprint density at radius 1 is 1.43 bits per heavy atom. The molecule has 0 aromatic heterocycles. The van der Waals surface area contributed by atoms with Gasteiger partial charge in [-0.1, -0.05) is 24.8 Å². The standard InChI is InChI=1S/C14H15NO5S/c1-2-7-20-14(19)15-11(13(17)18)8-21-12(15)9-3-5-10(16)6-4-9/h2-6,11-12,16H,1,7-8H2,(H,17,18). The maximum absolute atomic E-state index is 12.1. The second kappa shape index (κ2) is 6.53. The van der Waals surface area contributed by atoms with Crippen LogP contribution < -0.4 is 0 Å². The van der Waals surface area contributed by atoms with Crippen molar-refractivity contribution in [2.75, 3.05) is 12.4 Å². The largest absolute Gasteiger partial charge is 0.508 e. The first-order valence-corrected chi connectivity index (χ1v) is 7.28. The Kier molecular flexibility index (Phi) is 4.74. The molecule has 1 fully saturated rings. The number of nitrogens with zero attached hydrogens (tertiary/aromatic N) is 1. The lowest BCUT2D eigenvalue weighted by Crippen LogP contribution is -2.43. The van der Waals surface area contributed by atoms with Crippen LogP contribution in [0.3, 0.4) is 0 Å². The van der Waals surface area contributed by atoms with Crippen LogP contribution in [0.2, 0.25) is 0 Å². The smallest absolute Gasteiger partial charge is 0.412 e. The summed E-state index contributed by atoms with van der Waals surface area (Å²) in [6.45, 7) is 3.48. The monoisotopic (exact) mass is 309 g/mol. The van der Waals surface area contributed by atoms with Crippen LogP contribution in [-0.4, -0.2) is 45.6 Å². The first-order valence-electron chi connectivity index (χ1n) is 6.24. The molecule has 0 saturated carbocycles. The minimum atomic E-state index is -1.07. The van der Waals surface area contributed by atoms with Gasteiger partial charge in [0.15, 0.2) is 0 Å². The van der Waals surface area contributed by atoms with E-state index in [0.29, 0.717) is 0 Å². The zero-order valence-corrected chi connectivity index (χ0v) is 12.0. The van der Waals surface area contributed by atoms with Gasteiger partial charge in [-0.05, 0) is 17.7 Å². The molecule has 1 aromatic carbocycles. The molecule has 0 radical (unpaired) electrons. The summed E-state index contributed by atoms with van der Waals surface area (Å²) in [5.74, 6) is -0.680. The first-order chi connectivity index (χ1) is 10.0. The van der Waals surface area contributed by atoms with E-state index in [0.717, 1.165) is 5.56 Å². The van der Waals surface area contributed by atoms with Crippen molar-refractivity contribution < 1.29 is 24.5 Å². The van der Waals surface area contributed by atoms with Crippen molar-refractivity contribution in [2.45, 2.75) is 11.4 Å². The quantitative estimate of drug-likeness (QED) is 0.829. The highest BCUT2D eigenvalue weighted by atomic mass is 32.2. The van der Waals surface area contributed by atoms with E-state index >= 15 is 0 Å². The topological polar surface area (TPSA) is 87.1 Å². The number of carbonyl (C=O) groups excluding carboxylic acids is 1. The summed E-state index contributed by atoms with van der Waals surface area (Å²) in [4.78, 5) is 24.6. The van der Waals surface area contributed by atoms with Crippen LogP contribution in [0.5, 0.6) is 5.75 Å². The van der Waals surface area contributed by atoms with Gasteiger partial charge in [0.1, 0.15) is 23.8 Å². The minimum Gasteiger partial charge on any atom is -0.508 e. The van der Waals surface area contributed by atoms with Crippen molar-refractivity contribution in [3.8, 4) is 5.75 Å². The van der Waals surface area contributed by atoms with Crippen molar-refractivity contribution in [3.05, 3.63) is 42.5 Å². The van der Waals surface area contributed by atoms with Gasteiger partial charge < -0.3 is 14.9 Å². The van der Waals surface area contributed by atoms with Gasteiger partial charge >= 0.3 is 12.1 Å².